The molecule has 0 unspecified atom stereocenters. The maximum atomic E-state index is 11.9. The topological polar surface area (TPSA) is 59.8 Å². The molecule has 0 atom stereocenters. The van der Waals surface area contributed by atoms with Crippen LogP contribution in [0.15, 0.2) is 72.9 Å². The number of hydrogen-bond donors (Lipinski definition) is 1. The number of carbonyl (C=O) groups excluding carboxylic acids is 1. The minimum Gasteiger partial charge on any atom is -0.353 e. The minimum atomic E-state index is -0.104. The van der Waals surface area contributed by atoms with Crippen LogP contribution in [0.25, 0.3) is 6.08 Å². The second-order valence-electron chi connectivity index (χ2n) is 6.39. The van der Waals surface area contributed by atoms with Crippen molar-refractivity contribution in [2.24, 2.45) is 0 Å². The summed E-state index contributed by atoms with van der Waals surface area (Å²) >= 11 is 0. The van der Waals surface area contributed by atoms with Crippen LogP contribution < -0.4 is 5.32 Å². The molecule has 0 radical (unpaired) electrons. The number of rotatable bonds is 9. The van der Waals surface area contributed by atoms with Crippen LogP contribution in [-0.4, -0.2) is 27.4 Å². The van der Waals surface area contributed by atoms with E-state index in [2.05, 4.69) is 39.9 Å². The van der Waals surface area contributed by atoms with E-state index in [-0.39, 0.29) is 5.91 Å². The SMILES string of the molecule is O=C(/C=C/c1cn(Cc2ccccc2)nn1)NCCCCc1ccccc1. The predicted octanol–water partition coefficient (Wildman–Crippen LogP) is 3.48. The van der Waals surface area contributed by atoms with Crippen LogP contribution >= 0.6 is 0 Å². The number of aromatic nitrogens is 3. The quantitative estimate of drug-likeness (QED) is 0.469. The zero-order valence-electron chi connectivity index (χ0n) is 15.3. The van der Waals surface area contributed by atoms with E-state index < -0.39 is 0 Å². The Labute approximate surface area is 159 Å². The Balaban J connectivity index is 1.36. The molecule has 1 amide bonds. The molecule has 0 bridgehead atoms. The first-order valence-electron chi connectivity index (χ1n) is 9.23. The van der Waals surface area contributed by atoms with Crippen molar-refractivity contribution < 1.29 is 4.79 Å². The van der Waals surface area contributed by atoms with Gasteiger partial charge in [-0.05, 0) is 36.5 Å². The summed E-state index contributed by atoms with van der Waals surface area (Å²) < 4.78 is 1.76. The Kier molecular flexibility index (Phi) is 6.92. The van der Waals surface area contributed by atoms with Crippen LogP contribution in [-0.2, 0) is 17.8 Å². The largest absolute Gasteiger partial charge is 0.353 e. The summed E-state index contributed by atoms with van der Waals surface area (Å²) in [7, 11) is 0. The van der Waals surface area contributed by atoms with Crippen LogP contribution in [0.5, 0.6) is 0 Å². The monoisotopic (exact) mass is 360 g/mol. The first kappa shape index (κ1) is 18.6. The molecule has 3 aromatic rings. The first-order valence-corrected chi connectivity index (χ1v) is 9.23. The van der Waals surface area contributed by atoms with Gasteiger partial charge in [0.05, 0.1) is 12.7 Å². The highest BCUT2D eigenvalue weighted by atomic mass is 16.1. The van der Waals surface area contributed by atoms with E-state index in [4.69, 9.17) is 0 Å². The Bertz CT molecular complexity index is 856. The highest BCUT2D eigenvalue weighted by Gasteiger charge is 2.00. The maximum Gasteiger partial charge on any atom is 0.244 e. The average molecular weight is 360 g/mol. The summed E-state index contributed by atoms with van der Waals surface area (Å²) in [6.07, 6.45) is 8.08. The van der Waals surface area contributed by atoms with Crippen molar-refractivity contribution in [3.8, 4) is 0 Å². The number of aryl methyl sites for hydroxylation is 1. The van der Waals surface area contributed by atoms with Crippen molar-refractivity contribution >= 4 is 12.0 Å². The van der Waals surface area contributed by atoms with Gasteiger partial charge < -0.3 is 5.32 Å². The van der Waals surface area contributed by atoms with Gasteiger partial charge in [0.1, 0.15) is 5.69 Å². The van der Waals surface area contributed by atoms with E-state index in [0.29, 0.717) is 18.8 Å². The second-order valence-corrected chi connectivity index (χ2v) is 6.39. The highest BCUT2D eigenvalue weighted by molar-refractivity contribution is 5.91. The summed E-state index contributed by atoms with van der Waals surface area (Å²) in [5.41, 5.74) is 3.17. The molecule has 1 aromatic heterocycles. The van der Waals surface area contributed by atoms with Gasteiger partial charge in [-0.1, -0.05) is 65.9 Å². The summed E-state index contributed by atoms with van der Waals surface area (Å²) in [5, 5.41) is 11.1. The number of hydrogen-bond acceptors (Lipinski definition) is 3. The summed E-state index contributed by atoms with van der Waals surface area (Å²) in [4.78, 5) is 11.9. The van der Waals surface area contributed by atoms with Gasteiger partial charge >= 0.3 is 0 Å². The van der Waals surface area contributed by atoms with Gasteiger partial charge in [0, 0.05) is 12.6 Å². The van der Waals surface area contributed by atoms with Crippen molar-refractivity contribution in [1.29, 1.82) is 0 Å². The van der Waals surface area contributed by atoms with Crippen LogP contribution in [0.1, 0.15) is 29.7 Å². The normalized spacial score (nSPS) is 11.0. The third kappa shape index (κ3) is 6.55. The standard InChI is InChI=1S/C22H24N4O/c27-22(23-16-8-7-11-19-9-3-1-4-10-19)15-14-21-18-26(25-24-21)17-20-12-5-2-6-13-20/h1-6,9-10,12-15,18H,7-8,11,16-17H2,(H,23,27)/b15-14+. The third-order valence-electron chi connectivity index (χ3n) is 4.18. The fraction of sp³-hybridized carbons (Fsp3) is 0.227. The molecule has 27 heavy (non-hydrogen) atoms. The molecule has 0 saturated heterocycles. The van der Waals surface area contributed by atoms with Crippen molar-refractivity contribution in [3.05, 3.63) is 89.8 Å². The molecule has 138 valence electrons. The van der Waals surface area contributed by atoms with Crippen LogP contribution in [0.4, 0.5) is 0 Å². The van der Waals surface area contributed by atoms with Crippen molar-refractivity contribution in [2.45, 2.75) is 25.8 Å². The fourth-order valence-electron chi connectivity index (χ4n) is 2.77. The minimum absolute atomic E-state index is 0.104. The Morgan fingerprint density at radius 1 is 0.963 bits per heavy atom. The van der Waals surface area contributed by atoms with Crippen molar-refractivity contribution in [1.82, 2.24) is 20.3 Å². The molecule has 2 aromatic carbocycles. The van der Waals surface area contributed by atoms with Gasteiger partial charge in [0.25, 0.3) is 0 Å². The number of nitrogens with zero attached hydrogens (tertiary/aromatic N) is 3. The number of nitrogens with one attached hydrogen (secondary N) is 1. The number of amides is 1. The lowest BCUT2D eigenvalue weighted by Gasteiger charge is -2.02. The molecule has 1 N–H and O–H groups in total. The molecule has 1 heterocycles. The summed E-state index contributed by atoms with van der Waals surface area (Å²) in [6.45, 7) is 1.34. The molecular weight excluding hydrogens is 336 g/mol. The van der Waals surface area contributed by atoms with Crippen molar-refractivity contribution in [2.75, 3.05) is 6.54 Å². The second kappa shape index (κ2) is 10.1. The van der Waals surface area contributed by atoms with Gasteiger partial charge in [-0.2, -0.15) is 0 Å². The molecule has 5 heteroatoms. The molecule has 5 nitrogen and oxygen atoms in total. The smallest absolute Gasteiger partial charge is 0.244 e. The average Bonchev–Trinajstić information content (AvgIpc) is 3.15. The van der Waals surface area contributed by atoms with Crippen molar-refractivity contribution in [3.63, 3.8) is 0 Å². The lowest BCUT2D eigenvalue weighted by atomic mass is 10.1. The van der Waals surface area contributed by atoms with Crippen LogP contribution in [0, 0.1) is 0 Å². The van der Waals surface area contributed by atoms with E-state index in [0.717, 1.165) is 24.8 Å². The molecule has 0 aliphatic rings. The third-order valence-corrected chi connectivity index (χ3v) is 4.18. The lowest BCUT2D eigenvalue weighted by Crippen LogP contribution is -2.22. The highest BCUT2D eigenvalue weighted by Crippen LogP contribution is 2.04. The zero-order chi connectivity index (χ0) is 18.7. The molecule has 0 aliphatic carbocycles. The van der Waals surface area contributed by atoms with E-state index in [1.54, 1.807) is 10.8 Å². The van der Waals surface area contributed by atoms with Crippen LogP contribution in [0.3, 0.4) is 0 Å². The lowest BCUT2D eigenvalue weighted by molar-refractivity contribution is -0.116. The zero-order valence-corrected chi connectivity index (χ0v) is 15.3. The van der Waals surface area contributed by atoms with E-state index in [9.17, 15) is 4.79 Å². The number of benzene rings is 2. The van der Waals surface area contributed by atoms with Gasteiger partial charge in [-0.15, -0.1) is 5.10 Å². The van der Waals surface area contributed by atoms with Crippen LogP contribution in [0.2, 0.25) is 0 Å². The Hall–Kier alpha value is -3.21. The summed E-state index contributed by atoms with van der Waals surface area (Å²) in [6, 6.07) is 20.5. The Morgan fingerprint density at radius 3 is 2.41 bits per heavy atom. The summed E-state index contributed by atoms with van der Waals surface area (Å²) in [5.74, 6) is -0.104. The predicted molar refractivity (Wildman–Crippen MR) is 107 cm³/mol. The molecule has 0 fully saturated rings. The molecule has 0 saturated carbocycles. The fourth-order valence-corrected chi connectivity index (χ4v) is 2.77. The number of carbonyl (C=O) groups is 1. The van der Waals surface area contributed by atoms with E-state index >= 15 is 0 Å². The molecular formula is C22H24N4O. The van der Waals surface area contributed by atoms with E-state index in [1.807, 2.05) is 42.6 Å². The van der Waals surface area contributed by atoms with Gasteiger partial charge in [-0.3, -0.25) is 4.79 Å². The van der Waals surface area contributed by atoms with Gasteiger partial charge in [0.15, 0.2) is 0 Å². The van der Waals surface area contributed by atoms with E-state index in [1.165, 1.54) is 11.6 Å². The number of unbranched alkanes of at least 4 members (excludes halogenated alkanes) is 1. The maximum absolute atomic E-state index is 11.9. The molecule has 0 spiro atoms. The van der Waals surface area contributed by atoms with Gasteiger partial charge in [-0.25, -0.2) is 4.68 Å². The molecule has 0 aliphatic heterocycles. The Morgan fingerprint density at radius 2 is 1.67 bits per heavy atom. The van der Waals surface area contributed by atoms with Gasteiger partial charge in [0.2, 0.25) is 5.91 Å². The molecule has 3 rings (SSSR count). The first-order chi connectivity index (χ1) is 13.3.